The standard InChI is InChI=1S/C17H20N6O/c1-12-14(16(24)22-9-5-2-6-10-22)15(13-7-3-4-8-18-13)23-17(21-12)19-11-20-23/h3-4,7-8,11,15H,2,5-6,9-10H2,1H3,(H,19,20,21). The number of hydrogen-bond acceptors (Lipinski definition) is 5. The minimum absolute atomic E-state index is 0.0662. The number of amides is 1. The van der Waals surface area contributed by atoms with Gasteiger partial charge in [0.2, 0.25) is 5.95 Å². The van der Waals surface area contributed by atoms with Crippen LogP contribution in [0.25, 0.3) is 0 Å². The maximum atomic E-state index is 13.2. The van der Waals surface area contributed by atoms with E-state index in [2.05, 4.69) is 20.4 Å². The van der Waals surface area contributed by atoms with Crippen LogP contribution in [0.15, 0.2) is 42.0 Å². The van der Waals surface area contributed by atoms with Gasteiger partial charge in [0.05, 0.1) is 11.3 Å². The lowest BCUT2D eigenvalue weighted by atomic mass is 9.97. The molecule has 4 heterocycles. The highest BCUT2D eigenvalue weighted by molar-refractivity contribution is 5.96. The molecule has 1 amide bonds. The quantitative estimate of drug-likeness (QED) is 0.914. The first-order chi connectivity index (χ1) is 11.8. The Morgan fingerprint density at radius 1 is 1.21 bits per heavy atom. The minimum atomic E-state index is -0.348. The van der Waals surface area contributed by atoms with Crippen molar-refractivity contribution in [1.82, 2.24) is 24.6 Å². The highest BCUT2D eigenvalue weighted by Gasteiger charge is 2.36. The Labute approximate surface area is 140 Å². The van der Waals surface area contributed by atoms with E-state index in [1.54, 1.807) is 10.9 Å². The number of nitrogens with one attached hydrogen (secondary N) is 1. The van der Waals surface area contributed by atoms with Crippen LogP contribution >= 0.6 is 0 Å². The molecule has 0 radical (unpaired) electrons. The van der Waals surface area contributed by atoms with Crippen LogP contribution in [0.2, 0.25) is 0 Å². The number of hydrogen-bond donors (Lipinski definition) is 1. The Balaban J connectivity index is 1.78. The summed E-state index contributed by atoms with van der Waals surface area (Å²) >= 11 is 0. The van der Waals surface area contributed by atoms with Crippen molar-refractivity contribution >= 4 is 11.9 Å². The Bertz CT molecular complexity index is 775. The number of aromatic nitrogens is 4. The van der Waals surface area contributed by atoms with Crippen LogP contribution < -0.4 is 5.32 Å². The molecule has 1 fully saturated rings. The molecule has 2 aromatic heterocycles. The second-order valence-electron chi connectivity index (χ2n) is 6.20. The van der Waals surface area contributed by atoms with E-state index in [9.17, 15) is 4.79 Å². The van der Waals surface area contributed by atoms with Crippen LogP contribution in [0.4, 0.5) is 5.95 Å². The lowest BCUT2D eigenvalue weighted by molar-refractivity contribution is -0.128. The zero-order valence-electron chi connectivity index (χ0n) is 13.6. The van der Waals surface area contributed by atoms with Crippen LogP contribution in [-0.2, 0) is 4.79 Å². The number of carbonyl (C=O) groups is 1. The Morgan fingerprint density at radius 2 is 2.04 bits per heavy atom. The molecule has 2 aliphatic rings. The average molecular weight is 324 g/mol. The molecule has 1 saturated heterocycles. The van der Waals surface area contributed by atoms with Crippen LogP contribution in [0.1, 0.15) is 37.9 Å². The maximum Gasteiger partial charge on any atom is 0.254 e. The normalized spacial score (nSPS) is 20.5. The summed E-state index contributed by atoms with van der Waals surface area (Å²) in [5, 5.41) is 7.53. The molecular formula is C17H20N6O. The molecule has 24 heavy (non-hydrogen) atoms. The fourth-order valence-corrected chi connectivity index (χ4v) is 3.45. The predicted octanol–water partition coefficient (Wildman–Crippen LogP) is 1.97. The highest BCUT2D eigenvalue weighted by Crippen LogP contribution is 2.34. The number of rotatable bonds is 2. The number of pyridine rings is 1. The third-order valence-corrected chi connectivity index (χ3v) is 4.64. The van der Waals surface area contributed by atoms with Crippen LogP contribution in [-0.4, -0.2) is 43.6 Å². The third kappa shape index (κ3) is 2.46. The van der Waals surface area contributed by atoms with Gasteiger partial charge in [0.1, 0.15) is 12.4 Å². The van der Waals surface area contributed by atoms with E-state index in [0.29, 0.717) is 11.5 Å². The Hall–Kier alpha value is -2.70. The van der Waals surface area contributed by atoms with Crippen molar-refractivity contribution in [2.75, 3.05) is 18.4 Å². The van der Waals surface area contributed by atoms with E-state index in [1.807, 2.05) is 30.0 Å². The number of likely N-dealkylation sites (tertiary alicyclic amines) is 1. The Morgan fingerprint density at radius 3 is 2.79 bits per heavy atom. The van der Waals surface area contributed by atoms with Crippen LogP contribution in [0.3, 0.4) is 0 Å². The molecular weight excluding hydrogens is 304 g/mol. The minimum Gasteiger partial charge on any atom is -0.339 e. The van der Waals surface area contributed by atoms with Crippen molar-refractivity contribution in [3.63, 3.8) is 0 Å². The van der Waals surface area contributed by atoms with Gasteiger partial charge >= 0.3 is 0 Å². The van der Waals surface area contributed by atoms with Gasteiger partial charge < -0.3 is 10.2 Å². The summed E-state index contributed by atoms with van der Waals surface area (Å²) in [6.07, 6.45) is 6.56. The van der Waals surface area contributed by atoms with Crippen molar-refractivity contribution < 1.29 is 4.79 Å². The molecule has 0 aromatic carbocycles. The number of carbonyl (C=O) groups excluding carboxylic acids is 1. The fourth-order valence-electron chi connectivity index (χ4n) is 3.45. The Kier molecular flexibility index (Phi) is 3.76. The van der Waals surface area contributed by atoms with Gasteiger partial charge in [0.15, 0.2) is 0 Å². The molecule has 0 spiro atoms. The molecule has 124 valence electrons. The molecule has 0 bridgehead atoms. The molecule has 7 heteroatoms. The van der Waals surface area contributed by atoms with Gasteiger partial charge in [-0.15, -0.1) is 0 Å². The summed E-state index contributed by atoms with van der Waals surface area (Å²) in [6.45, 7) is 3.55. The van der Waals surface area contributed by atoms with E-state index < -0.39 is 0 Å². The molecule has 2 aliphatic heterocycles. The summed E-state index contributed by atoms with van der Waals surface area (Å²) in [6, 6.07) is 5.38. The topological polar surface area (TPSA) is 75.9 Å². The first-order valence-corrected chi connectivity index (χ1v) is 8.33. The molecule has 0 aliphatic carbocycles. The second kappa shape index (κ2) is 6.07. The van der Waals surface area contributed by atoms with Gasteiger partial charge in [0, 0.05) is 25.0 Å². The molecule has 1 N–H and O–H groups in total. The number of allylic oxidation sites excluding steroid dienone is 1. The zero-order chi connectivity index (χ0) is 16.5. The largest absolute Gasteiger partial charge is 0.339 e. The summed E-state index contributed by atoms with van der Waals surface area (Å²) in [5.74, 6) is 0.704. The van der Waals surface area contributed by atoms with Crippen molar-refractivity contribution in [2.24, 2.45) is 0 Å². The highest BCUT2D eigenvalue weighted by atomic mass is 16.2. The number of nitrogens with zero attached hydrogens (tertiary/aromatic N) is 5. The predicted molar refractivity (Wildman–Crippen MR) is 89.2 cm³/mol. The monoisotopic (exact) mass is 324 g/mol. The molecule has 4 rings (SSSR count). The average Bonchev–Trinajstić information content (AvgIpc) is 3.09. The third-order valence-electron chi connectivity index (χ3n) is 4.64. The van der Waals surface area contributed by atoms with Gasteiger partial charge in [-0.25, -0.2) is 4.68 Å². The van der Waals surface area contributed by atoms with Crippen molar-refractivity contribution in [3.05, 3.63) is 47.7 Å². The van der Waals surface area contributed by atoms with Gasteiger partial charge in [-0.05, 0) is 38.3 Å². The summed E-state index contributed by atoms with van der Waals surface area (Å²) in [7, 11) is 0. The SMILES string of the molecule is CC1=C(C(=O)N2CCCCC2)C(c2ccccn2)n2ncnc2N1. The molecule has 1 unspecified atom stereocenters. The summed E-state index contributed by atoms with van der Waals surface area (Å²) < 4.78 is 1.74. The first kappa shape index (κ1) is 14.9. The van der Waals surface area contributed by atoms with E-state index in [0.717, 1.165) is 37.3 Å². The van der Waals surface area contributed by atoms with E-state index in [-0.39, 0.29) is 11.9 Å². The molecule has 7 nitrogen and oxygen atoms in total. The lowest BCUT2D eigenvalue weighted by Gasteiger charge is -2.33. The van der Waals surface area contributed by atoms with Crippen molar-refractivity contribution in [3.8, 4) is 0 Å². The summed E-state index contributed by atoms with van der Waals surface area (Å²) in [4.78, 5) is 23.9. The smallest absolute Gasteiger partial charge is 0.254 e. The van der Waals surface area contributed by atoms with E-state index >= 15 is 0 Å². The maximum absolute atomic E-state index is 13.2. The zero-order valence-corrected chi connectivity index (χ0v) is 13.6. The van der Waals surface area contributed by atoms with Crippen molar-refractivity contribution in [1.29, 1.82) is 0 Å². The van der Waals surface area contributed by atoms with E-state index in [4.69, 9.17) is 0 Å². The fraction of sp³-hybridized carbons (Fsp3) is 0.412. The summed E-state index contributed by atoms with van der Waals surface area (Å²) in [5.41, 5.74) is 2.32. The molecule has 1 atom stereocenters. The van der Waals surface area contributed by atoms with Crippen LogP contribution in [0.5, 0.6) is 0 Å². The van der Waals surface area contributed by atoms with Gasteiger partial charge in [-0.3, -0.25) is 9.78 Å². The van der Waals surface area contributed by atoms with Gasteiger partial charge in [-0.1, -0.05) is 6.07 Å². The first-order valence-electron chi connectivity index (χ1n) is 8.33. The number of fused-ring (bicyclic) bond motifs is 1. The van der Waals surface area contributed by atoms with Crippen LogP contribution in [0, 0.1) is 0 Å². The number of anilines is 1. The van der Waals surface area contributed by atoms with Gasteiger partial charge in [-0.2, -0.15) is 10.1 Å². The lowest BCUT2D eigenvalue weighted by Crippen LogP contribution is -2.41. The van der Waals surface area contributed by atoms with Crippen molar-refractivity contribution in [2.45, 2.75) is 32.2 Å². The van der Waals surface area contributed by atoms with E-state index in [1.165, 1.54) is 12.7 Å². The molecule has 0 saturated carbocycles. The second-order valence-corrected chi connectivity index (χ2v) is 6.20. The van der Waals surface area contributed by atoms with Gasteiger partial charge in [0.25, 0.3) is 5.91 Å². The molecule has 2 aromatic rings. The number of piperidine rings is 1.